The molecule has 0 aliphatic rings. The summed E-state index contributed by atoms with van der Waals surface area (Å²) in [4.78, 5) is 3.99. The standard InChI is InChI=1S/C14H15ClN2/c15-13-4-1-11(2-5-13)3-6-14(16)12-7-9-17-10-8-12/h1-2,4-5,7-10,14H,3,6,16H2. The van der Waals surface area contributed by atoms with E-state index in [1.165, 1.54) is 5.56 Å². The van der Waals surface area contributed by atoms with E-state index in [2.05, 4.69) is 4.98 Å². The van der Waals surface area contributed by atoms with Gasteiger partial charge >= 0.3 is 0 Å². The number of rotatable bonds is 4. The molecule has 0 saturated heterocycles. The van der Waals surface area contributed by atoms with Gasteiger partial charge in [-0.2, -0.15) is 0 Å². The van der Waals surface area contributed by atoms with E-state index in [-0.39, 0.29) is 6.04 Å². The molecule has 1 unspecified atom stereocenters. The highest BCUT2D eigenvalue weighted by Gasteiger charge is 2.05. The molecule has 17 heavy (non-hydrogen) atoms. The van der Waals surface area contributed by atoms with Gasteiger partial charge < -0.3 is 5.73 Å². The van der Waals surface area contributed by atoms with Crippen molar-refractivity contribution in [3.8, 4) is 0 Å². The Morgan fingerprint density at radius 1 is 1.06 bits per heavy atom. The van der Waals surface area contributed by atoms with E-state index in [0.29, 0.717) is 0 Å². The van der Waals surface area contributed by atoms with Crippen LogP contribution in [0, 0.1) is 0 Å². The van der Waals surface area contributed by atoms with Crippen LogP contribution in [0.4, 0.5) is 0 Å². The molecule has 0 amide bonds. The maximum absolute atomic E-state index is 6.12. The second-order valence-electron chi connectivity index (χ2n) is 4.05. The summed E-state index contributed by atoms with van der Waals surface area (Å²) in [7, 11) is 0. The van der Waals surface area contributed by atoms with Gasteiger partial charge in [-0.05, 0) is 48.2 Å². The lowest BCUT2D eigenvalue weighted by Crippen LogP contribution is -2.11. The summed E-state index contributed by atoms with van der Waals surface area (Å²) in [5, 5.41) is 0.771. The summed E-state index contributed by atoms with van der Waals surface area (Å²) in [5.41, 5.74) is 8.52. The van der Waals surface area contributed by atoms with E-state index in [1.807, 2.05) is 36.4 Å². The number of pyridine rings is 1. The highest BCUT2D eigenvalue weighted by molar-refractivity contribution is 6.30. The van der Waals surface area contributed by atoms with Gasteiger partial charge in [0.1, 0.15) is 0 Å². The highest BCUT2D eigenvalue weighted by Crippen LogP contribution is 2.17. The molecule has 0 saturated carbocycles. The number of nitrogens with zero attached hydrogens (tertiary/aromatic N) is 1. The largest absolute Gasteiger partial charge is 0.324 e. The van der Waals surface area contributed by atoms with Crippen molar-refractivity contribution in [2.45, 2.75) is 18.9 Å². The molecule has 1 atom stereocenters. The van der Waals surface area contributed by atoms with Gasteiger partial charge in [-0.1, -0.05) is 23.7 Å². The molecule has 0 radical (unpaired) electrons. The number of aromatic nitrogens is 1. The molecule has 0 aliphatic carbocycles. The van der Waals surface area contributed by atoms with Gasteiger partial charge in [0.15, 0.2) is 0 Å². The van der Waals surface area contributed by atoms with Gasteiger partial charge in [0.25, 0.3) is 0 Å². The van der Waals surface area contributed by atoms with Crippen LogP contribution >= 0.6 is 11.6 Å². The van der Waals surface area contributed by atoms with E-state index in [4.69, 9.17) is 17.3 Å². The number of aryl methyl sites for hydroxylation is 1. The summed E-state index contributed by atoms with van der Waals surface area (Å²) in [6.07, 6.45) is 5.43. The third-order valence-electron chi connectivity index (χ3n) is 2.79. The lowest BCUT2D eigenvalue weighted by Gasteiger charge is -2.11. The van der Waals surface area contributed by atoms with Gasteiger partial charge in [-0.25, -0.2) is 0 Å². The van der Waals surface area contributed by atoms with Gasteiger partial charge in [0.2, 0.25) is 0 Å². The summed E-state index contributed by atoms with van der Waals surface area (Å²) in [5.74, 6) is 0. The fourth-order valence-electron chi connectivity index (χ4n) is 1.75. The molecule has 2 aromatic rings. The quantitative estimate of drug-likeness (QED) is 0.898. The van der Waals surface area contributed by atoms with Crippen molar-refractivity contribution >= 4 is 11.6 Å². The average molecular weight is 247 g/mol. The Hall–Kier alpha value is -1.38. The van der Waals surface area contributed by atoms with Gasteiger partial charge in [0, 0.05) is 23.5 Å². The van der Waals surface area contributed by atoms with E-state index in [0.717, 1.165) is 23.4 Å². The predicted octanol–water partition coefficient (Wildman–Crippen LogP) is 3.37. The molecule has 0 spiro atoms. The van der Waals surface area contributed by atoms with Gasteiger partial charge in [-0.3, -0.25) is 4.98 Å². The smallest absolute Gasteiger partial charge is 0.0406 e. The zero-order valence-electron chi connectivity index (χ0n) is 9.51. The topological polar surface area (TPSA) is 38.9 Å². The van der Waals surface area contributed by atoms with Crippen molar-refractivity contribution in [3.63, 3.8) is 0 Å². The molecule has 0 fully saturated rings. The first-order valence-electron chi connectivity index (χ1n) is 5.65. The summed E-state index contributed by atoms with van der Waals surface area (Å²) in [6, 6.07) is 11.9. The Morgan fingerprint density at radius 3 is 2.35 bits per heavy atom. The monoisotopic (exact) mass is 246 g/mol. The molecule has 0 bridgehead atoms. The first kappa shape index (κ1) is 12.1. The molecule has 1 aromatic carbocycles. The molecule has 2 rings (SSSR count). The fourth-order valence-corrected chi connectivity index (χ4v) is 1.88. The first-order chi connectivity index (χ1) is 8.25. The molecule has 2 N–H and O–H groups in total. The third-order valence-corrected chi connectivity index (χ3v) is 3.04. The van der Waals surface area contributed by atoms with Crippen LogP contribution in [0.3, 0.4) is 0 Å². The van der Waals surface area contributed by atoms with Crippen molar-refractivity contribution in [3.05, 3.63) is 64.9 Å². The molecule has 88 valence electrons. The minimum atomic E-state index is 0.0636. The number of nitrogens with two attached hydrogens (primary N) is 1. The van der Waals surface area contributed by atoms with Crippen molar-refractivity contribution < 1.29 is 0 Å². The molecular weight excluding hydrogens is 232 g/mol. The SMILES string of the molecule is NC(CCc1ccc(Cl)cc1)c1ccncc1. The van der Waals surface area contributed by atoms with Crippen LogP contribution in [0.15, 0.2) is 48.8 Å². The lowest BCUT2D eigenvalue weighted by atomic mass is 10.0. The third kappa shape index (κ3) is 3.55. The summed E-state index contributed by atoms with van der Waals surface area (Å²) in [6.45, 7) is 0. The average Bonchev–Trinajstić information content (AvgIpc) is 2.39. The molecule has 1 aromatic heterocycles. The van der Waals surface area contributed by atoms with Crippen LogP contribution < -0.4 is 5.73 Å². The van der Waals surface area contributed by atoms with Crippen LogP contribution in [-0.4, -0.2) is 4.98 Å². The summed E-state index contributed by atoms with van der Waals surface area (Å²) < 4.78 is 0. The lowest BCUT2D eigenvalue weighted by molar-refractivity contribution is 0.650. The van der Waals surface area contributed by atoms with E-state index >= 15 is 0 Å². The predicted molar refractivity (Wildman–Crippen MR) is 70.9 cm³/mol. The molecular formula is C14H15ClN2. The Morgan fingerprint density at radius 2 is 1.71 bits per heavy atom. The Balaban J connectivity index is 1.92. The summed E-state index contributed by atoms with van der Waals surface area (Å²) >= 11 is 5.84. The molecule has 1 heterocycles. The van der Waals surface area contributed by atoms with Crippen LogP contribution in [0.1, 0.15) is 23.6 Å². The molecule has 3 heteroatoms. The highest BCUT2D eigenvalue weighted by atomic mass is 35.5. The number of halogens is 1. The maximum atomic E-state index is 6.12. The van der Waals surface area contributed by atoms with Crippen molar-refractivity contribution in [1.82, 2.24) is 4.98 Å². The first-order valence-corrected chi connectivity index (χ1v) is 6.03. The second-order valence-corrected chi connectivity index (χ2v) is 4.49. The molecule has 2 nitrogen and oxygen atoms in total. The van der Waals surface area contributed by atoms with Crippen molar-refractivity contribution in [2.75, 3.05) is 0 Å². The minimum Gasteiger partial charge on any atom is -0.324 e. The van der Waals surface area contributed by atoms with Gasteiger partial charge in [0.05, 0.1) is 0 Å². The van der Waals surface area contributed by atoms with Crippen LogP contribution in [0.25, 0.3) is 0 Å². The Bertz CT molecular complexity index is 453. The molecule has 0 aliphatic heterocycles. The van der Waals surface area contributed by atoms with E-state index in [1.54, 1.807) is 12.4 Å². The number of hydrogen-bond donors (Lipinski definition) is 1. The minimum absolute atomic E-state index is 0.0636. The van der Waals surface area contributed by atoms with Crippen molar-refractivity contribution in [1.29, 1.82) is 0 Å². The van der Waals surface area contributed by atoms with E-state index in [9.17, 15) is 0 Å². The fraction of sp³-hybridized carbons (Fsp3) is 0.214. The normalized spacial score (nSPS) is 12.4. The zero-order chi connectivity index (χ0) is 12.1. The van der Waals surface area contributed by atoms with E-state index < -0.39 is 0 Å². The Kier molecular flexibility index (Phi) is 4.13. The zero-order valence-corrected chi connectivity index (χ0v) is 10.3. The maximum Gasteiger partial charge on any atom is 0.0406 e. The number of hydrogen-bond acceptors (Lipinski definition) is 2. The second kappa shape index (κ2) is 5.80. The number of benzene rings is 1. The van der Waals surface area contributed by atoms with Crippen LogP contribution in [-0.2, 0) is 6.42 Å². The van der Waals surface area contributed by atoms with Crippen LogP contribution in [0.5, 0.6) is 0 Å². The van der Waals surface area contributed by atoms with Crippen LogP contribution in [0.2, 0.25) is 5.02 Å². The van der Waals surface area contributed by atoms with Gasteiger partial charge in [-0.15, -0.1) is 0 Å². The Labute approximate surface area is 106 Å². The van der Waals surface area contributed by atoms with Crippen molar-refractivity contribution in [2.24, 2.45) is 5.73 Å².